The third-order valence-corrected chi connectivity index (χ3v) is 5.34. The summed E-state index contributed by atoms with van der Waals surface area (Å²) < 4.78 is 17.3. The van der Waals surface area contributed by atoms with Crippen LogP contribution in [-0.4, -0.2) is 24.4 Å². The molecule has 1 N–H and O–H groups in total. The highest BCUT2D eigenvalue weighted by Crippen LogP contribution is 2.71. The van der Waals surface area contributed by atoms with Crippen molar-refractivity contribution >= 4 is 8.09 Å². The van der Waals surface area contributed by atoms with Crippen LogP contribution in [0.4, 0.5) is 0 Å². The van der Waals surface area contributed by atoms with Crippen molar-refractivity contribution in [3.63, 3.8) is 0 Å². The van der Waals surface area contributed by atoms with Crippen molar-refractivity contribution in [1.29, 1.82) is 0 Å². The van der Waals surface area contributed by atoms with Crippen LogP contribution in [-0.2, 0) is 13.6 Å². The quantitative estimate of drug-likeness (QED) is 0.614. The van der Waals surface area contributed by atoms with E-state index in [4.69, 9.17) is 13.6 Å². The molecule has 4 nitrogen and oxygen atoms in total. The van der Waals surface area contributed by atoms with Crippen molar-refractivity contribution < 1.29 is 13.6 Å². The second kappa shape index (κ2) is 2.65. The highest BCUT2D eigenvalue weighted by Gasteiger charge is 2.69. The number of nitrogens with one attached hydrogen (secondary N) is 1. The zero-order chi connectivity index (χ0) is 9.74. The zero-order valence-corrected chi connectivity index (χ0v) is 9.48. The molecule has 2 aliphatic heterocycles. The molecule has 2 saturated heterocycles. The predicted octanol–water partition coefficient (Wildman–Crippen LogP) is 1.89. The normalized spacial score (nSPS) is 34.2. The second-order valence-corrected chi connectivity index (χ2v) is 6.38. The van der Waals surface area contributed by atoms with Gasteiger partial charge in [-0.3, -0.25) is 0 Å². The molecule has 0 aromatic rings. The molecule has 2 rings (SSSR count). The van der Waals surface area contributed by atoms with Crippen molar-refractivity contribution in [2.45, 2.75) is 38.9 Å². The lowest BCUT2D eigenvalue weighted by Crippen LogP contribution is -2.41. The van der Waals surface area contributed by atoms with Gasteiger partial charge in [-0.05, 0) is 27.7 Å². The Morgan fingerprint density at radius 1 is 1.08 bits per heavy atom. The molecule has 76 valence electrons. The summed E-state index contributed by atoms with van der Waals surface area (Å²) in [6.45, 7) is 9.63. The van der Waals surface area contributed by atoms with Gasteiger partial charge < -0.3 is 0 Å². The lowest BCUT2D eigenvalue weighted by Gasteiger charge is -2.24. The molecular weight excluding hydrogens is 189 g/mol. The van der Waals surface area contributed by atoms with Crippen LogP contribution in [0.1, 0.15) is 27.7 Å². The van der Waals surface area contributed by atoms with Crippen LogP contribution in [0.2, 0.25) is 0 Å². The summed E-state index contributed by atoms with van der Waals surface area (Å²) in [5.74, 6) is 0. The van der Waals surface area contributed by atoms with Gasteiger partial charge in [0.1, 0.15) is 17.8 Å². The number of hydrogen-bond donors (Lipinski definition) is 1. The molecular formula is C8H17NO3P+. The average molecular weight is 206 g/mol. The van der Waals surface area contributed by atoms with Gasteiger partial charge in [0.25, 0.3) is 0 Å². The van der Waals surface area contributed by atoms with E-state index in [-0.39, 0.29) is 11.2 Å². The second-order valence-electron chi connectivity index (χ2n) is 4.44. The molecule has 0 aromatic heterocycles. The lowest BCUT2D eigenvalue weighted by molar-refractivity contribution is 0.00578. The summed E-state index contributed by atoms with van der Waals surface area (Å²) in [6, 6.07) is 0. The minimum atomic E-state index is -2.19. The Bertz CT molecular complexity index is 205. The standard InChI is InChI=1S/C8H17NO3P/c1-7(2)8(3,4)12-13(11-7)9-5-6-10-13/h9H,5-6H2,1-4H3/q+1. The third-order valence-electron chi connectivity index (χ3n) is 2.82. The van der Waals surface area contributed by atoms with E-state index >= 15 is 0 Å². The highest BCUT2D eigenvalue weighted by molar-refractivity contribution is 7.60. The monoisotopic (exact) mass is 206 g/mol. The van der Waals surface area contributed by atoms with Crippen LogP contribution in [0, 0.1) is 0 Å². The first-order valence-electron chi connectivity index (χ1n) is 4.57. The van der Waals surface area contributed by atoms with Gasteiger partial charge in [-0.1, -0.05) is 0 Å². The van der Waals surface area contributed by atoms with Gasteiger partial charge in [-0.2, -0.15) is 13.6 Å². The highest BCUT2D eigenvalue weighted by atomic mass is 31.2. The van der Waals surface area contributed by atoms with E-state index in [1.807, 2.05) is 27.7 Å². The predicted molar refractivity (Wildman–Crippen MR) is 51.2 cm³/mol. The molecule has 0 radical (unpaired) electrons. The summed E-state index contributed by atoms with van der Waals surface area (Å²) >= 11 is 0. The van der Waals surface area contributed by atoms with Crippen molar-refractivity contribution in [3.05, 3.63) is 0 Å². The van der Waals surface area contributed by atoms with Gasteiger partial charge in [0.15, 0.2) is 0 Å². The molecule has 13 heavy (non-hydrogen) atoms. The Morgan fingerprint density at radius 2 is 1.62 bits per heavy atom. The van der Waals surface area contributed by atoms with E-state index in [0.29, 0.717) is 6.61 Å². The fourth-order valence-electron chi connectivity index (χ4n) is 1.35. The van der Waals surface area contributed by atoms with E-state index in [9.17, 15) is 0 Å². The maximum absolute atomic E-state index is 5.87. The molecule has 0 amide bonds. The molecule has 2 heterocycles. The summed E-state index contributed by atoms with van der Waals surface area (Å²) in [5.41, 5.74) is -0.587. The van der Waals surface area contributed by atoms with E-state index in [2.05, 4.69) is 5.09 Å². The molecule has 0 aliphatic carbocycles. The molecule has 2 fully saturated rings. The summed E-state index contributed by atoms with van der Waals surface area (Å²) in [7, 11) is -2.19. The van der Waals surface area contributed by atoms with Gasteiger partial charge in [0.2, 0.25) is 0 Å². The summed E-state index contributed by atoms with van der Waals surface area (Å²) in [4.78, 5) is 0. The minimum absolute atomic E-state index is 0.294. The van der Waals surface area contributed by atoms with Crippen molar-refractivity contribution in [1.82, 2.24) is 5.09 Å². The Labute approximate surface area is 79.6 Å². The zero-order valence-electron chi connectivity index (χ0n) is 8.59. The molecule has 0 bridgehead atoms. The smallest absolute Gasteiger partial charge is 0.161 e. The Hall–Kier alpha value is 0.270. The van der Waals surface area contributed by atoms with Gasteiger partial charge in [-0.25, -0.2) is 0 Å². The first kappa shape index (κ1) is 9.81. The fraction of sp³-hybridized carbons (Fsp3) is 1.00. The van der Waals surface area contributed by atoms with Gasteiger partial charge >= 0.3 is 8.09 Å². The molecule has 0 aromatic carbocycles. The number of hydrogen-bond acceptors (Lipinski definition) is 4. The average Bonchev–Trinajstić information content (AvgIpc) is 2.39. The molecule has 1 spiro atoms. The Balaban J connectivity index is 2.23. The first-order valence-corrected chi connectivity index (χ1v) is 6.11. The van der Waals surface area contributed by atoms with Crippen LogP contribution in [0.25, 0.3) is 0 Å². The van der Waals surface area contributed by atoms with E-state index < -0.39 is 8.09 Å². The van der Waals surface area contributed by atoms with Crippen molar-refractivity contribution in [2.75, 3.05) is 13.2 Å². The Kier molecular flexibility index (Phi) is 2.00. The minimum Gasteiger partial charge on any atom is -0.161 e. The van der Waals surface area contributed by atoms with E-state index in [1.165, 1.54) is 0 Å². The third kappa shape index (κ3) is 1.41. The van der Waals surface area contributed by atoms with Crippen LogP contribution in [0.5, 0.6) is 0 Å². The van der Waals surface area contributed by atoms with Crippen LogP contribution in [0.15, 0.2) is 0 Å². The first-order chi connectivity index (χ1) is 5.87. The van der Waals surface area contributed by atoms with Crippen LogP contribution >= 0.6 is 8.09 Å². The molecule has 2 aliphatic rings. The largest absolute Gasteiger partial charge is 0.503 e. The van der Waals surface area contributed by atoms with Crippen molar-refractivity contribution in [3.8, 4) is 0 Å². The topological polar surface area (TPSA) is 39.7 Å². The van der Waals surface area contributed by atoms with Gasteiger partial charge in [0, 0.05) is 0 Å². The maximum atomic E-state index is 5.87. The Morgan fingerprint density at radius 3 is 2.00 bits per heavy atom. The van der Waals surface area contributed by atoms with Gasteiger partial charge in [0.05, 0.1) is 6.54 Å². The lowest BCUT2D eigenvalue weighted by atomic mass is 9.90. The van der Waals surface area contributed by atoms with Crippen LogP contribution in [0.3, 0.4) is 0 Å². The molecule has 0 atom stereocenters. The fourth-order valence-corrected chi connectivity index (χ4v) is 4.05. The van der Waals surface area contributed by atoms with E-state index in [1.54, 1.807) is 0 Å². The summed E-state index contributed by atoms with van der Waals surface area (Å²) in [6.07, 6.45) is 0. The molecule has 5 heteroatoms. The number of rotatable bonds is 0. The summed E-state index contributed by atoms with van der Waals surface area (Å²) in [5, 5.41) is 3.19. The maximum Gasteiger partial charge on any atom is 0.503 e. The SMILES string of the molecule is CC1(C)O[P+]2(NCCO2)OC1(C)C. The van der Waals surface area contributed by atoms with E-state index in [0.717, 1.165) is 6.54 Å². The van der Waals surface area contributed by atoms with Gasteiger partial charge in [-0.15, -0.1) is 5.09 Å². The molecule has 0 saturated carbocycles. The van der Waals surface area contributed by atoms with Crippen LogP contribution < -0.4 is 5.09 Å². The molecule has 0 unspecified atom stereocenters. The van der Waals surface area contributed by atoms with Crippen molar-refractivity contribution in [2.24, 2.45) is 0 Å².